The van der Waals surface area contributed by atoms with Gasteiger partial charge in [0, 0.05) is 20.2 Å². The molecule has 134 valence electrons. The zero-order chi connectivity index (χ0) is 17.6. The van der Waals surface area contributed by atoms with E-state index in [1.54, 1.807) is 24.1 Å². The molecule has 1 fully saturated rings. The van der Waals surface area contributed by atoms with Crippen molar-refractivity contribution in [3.8, 4) is 5.75 Å². The Balaban J connectivity index is 1.59. The lowest BCUT2D eigenvalue weighted by Crippen LogP contribution is -2.41. The number of benzene rings is 1. The fourth-order valence-corrected chi connectivity index (χ4v) is 2.96. The van der Waals surface area contributed by atoms with Crippen molar-refractivity contribution in [1.82, 2.24) is 9.88 Å². The van der Waals surface area contributed by atoms with E-state index in [4.69, 9.17) is 13.9 Å². The lowest BCUT2D eigenvalue weighted by molar-refractivity contribution is 0.0565. The molecule has 1 aliphatic heterocycles. The third-order valence-corrected chi connectivity index (χ3v) is 4.17. The van der Waals surface area contributed by atoms with E-state index < -0.39 is 5.82 Å². The van der Waals surface area contributed by atoms with Crippen LogP contribution in [0.1, 0.15) is 29.2 Å². The quantitative estimate of drug-likeness (QED) is 0.803. The molecule has 2 aromatic rings. The minimum atomic E-state index is -0.456. The first-order valence-corrected chi connectivity index (χ1v) is 8.27. The molecule has 0 unspecified atom stereocenters. The molecule has 2 heterocycles. The van der Waals surface area contributed by atoms with Crippen LogP contribution in [0.25, 0.3) is 0 Å². The fourth-order valence-electron chi connectivity index (χ4n) is 2.96. The highest BCUT2D eigenvalue weighted by Gasteiger charge is 2.26. The summed E-state index contributed by atoms with van der Waals surface area (Å²) in [6, 6.07) is 6.09. The summed E-state index contributed by atoms with van der Waals surface area (Å²) in [6.07, 6.45) is 3.32. The molecule has 1 amide bonds. The van der Waals surface area contributed by atoms with Crippen LogP contribution in [0.4, 0.5) is 4.39 Å². The molecule has 1 aliphatic rings. The molecule has 3 rings (SSSR count). The van der Waals surface area contributed by atoms with Crippen LogP contribution >= 0.6 is 0 Å². The summed E-state index contributed by atoms with van der Waals surface area (Å²) in [5.41, 5.74) is 0.241. The van der Waals surface area contributed by atoms with Crippen molar-refractivity contribution in [2.24, 2.45) is 5.92 Å². The molecule has 1 aromatic carbocycles. The second-order valence-electron chi connectivity index (χ2n) is 6.06. The number of ether oxygens (including phenoxy) is 2. The highest BCUT2D eigenvalue weighted by Crippen LogP contribution is 2.20. The van der Waals surface area contributed by atoms with Gasteiger partial charge in [-0.2, -0.15) is 0 Å². The van der Waals surface area contributed by atoms with Gasteiger partial charge in [-0.1, -0.05) is 12.1 Å². The van der Waals surface area contributed by atoms with E-state index >= 15 is 0 Å². The summed E-state index contributed by atoms with van der Waals surface area (Å²) in [6.45, 7) is 1.96. The van der Waals surface area contributed by atoms with Gasteiger partial charge in [0.1, 0.15) is 6.26 Å². The van der Waals surface area contributed by atoms with Gasteiger partial charge in [-0.15, -0.1) is 0 Å². The smallest absolute Gasteiger partial charge is 0.275 e. The molecule has 0 bridgehead atoms. The molecule has 1 atom stereocenters. The zero-order valence-corrected chi connectivity index (χ0v) is 14.1. The number of carbonyl (C=O) groups excluding carboxylic acids is 1. The van der Waals surface area contributed by atoms with Crippen molar-refractivity contribution in [3.05, 3.63) is 47.9 Å². The fraction of sp³-hybridized carbons (Fsp3) is 0.444. The van der Waals surface area contributed by atoms with Gasteiger partial charge in [0.2, 0.25) is 5.89 Å². The van der Waals surface area contributed by atoms with Crippen LogP contribution in [-0.4, -0.2) is 42.6 Å². The number of para-hydroxylation sites is 1. The molecule has 0 aliphatic carbocycles. The van der Waals surface area contributed by atoms with Crippen molar-refractivity contribution in [2.75, 3.05) is 26.8 Å². The first kappa shape index (κ1) is 17.4. The highest BCUT2D eigenvalue weighted by molar-refractivity contribution is 5.92. The van der Waals surface area contributed by atoms with Gasteiger partial charge in [0.15, 0.2) is 23.9 Å². The van der Waals surface area contributed by atoms with E-state index in [1.165, 1.54) is 18.4 Å². The van der Waals surface area contributed by atoms with Gasteiger partial charge in [0.25, 0.3) is 5.91 Å². The van der Waals surface area contributed by atoms with Crippen LogP contribution in [0, 0.1) is 11.7 Å². The predicted octanol–water partition coefficient (Wildman–Crippen LogP) is 2.89. The molecule has 6 nitrogen and oxygen atoms in total. The number of halogens is 1. The van der Waals surface area contributed by atoms with Crippen LogP contribution in [-0.2, 0) is 11.3 Å². The van der Waals surface area contributed by atoms with E-state index in [2.05, 4.69) is 4.98 Å². The summed E-state index contributed by atoms with van der Waals surface area (Å²) in [4.78, 5) is 18.5. The molecule has 7 heteroatoms. The number of amides is 1. The van der Waals surface area contributed by atoms with Crippen molar-refractivity contribution in [3.63, 3.8) is 0 Å². The second kappa shape index (κ2) is 8.11. The Morgan fingerprint density at radius 1 is 1.44 bits per heavy atom. The van der Waals surface area contributed by atoms with Gasteiger partial charge in [-0.3, -0.25) is 4.79 Å². The molecule has 1 aromatic heterocycles. The van der Waals surface area contributed by atoms with Gasteiger partial charge in [0.05, 0.1) is 6.61 Å². The Hall–Kier alpha value is -2.41. The Bertz CT molecular complexity index is 717. The van der Waals surface area contributed by atoms with Crippen LogP contribution in [0.5, 0.6) is 5.75 Å². The number of oxazole rings is 1. The Morgan fingerprint density at radius 2 is 2.28 bits per heavy atom. The van der Waals surface area contributed by atoms with Crippen molar-refractivity contribution in [1.29, 1.82) is 0 Å². The third-order valence-electron chi connectivity index (χ3n) is 4.17. The Labute approximate surface area is 145 Å². The number of nitrogens with zero attached hydrogens (tertiary/aromatic N) is 2. The number of carbonyl (C=O) groups is 1. The second-order valence-corrected chi connectivity index (χ2v) is 6.06. The van der Waals surface area contributed by atoms with E-state index in [9.17, 15) is 9.18 Å². The number of piperidine rings is 1. The van der Waals surface area contributed by atoms with E-state index in [0.717, 1.165) is 12.8 Å². The predicted molar refractivity (Wildman–Crippen MR) is 87.7 cm³/mol. The lowest BCUT2D eigenvalue weighted by Gasteiger charge is -2.31. The summed E-state index contributed by atoms with van der Waals surface area (Å²) in [7, 11) is 1.67. The summed E-state index contributed by atoms with van der Waals surface area (Å²) < 4.78 is 29.3. The largest absolute Gasteiger partial charge is 0.481 e. The van der Waals surface area contributed by atoms with E-state index in [0.29, 0.717) is 25.6 Å². The molecule has 1 saturated heterocycles. The molecule has 0 spiro atoms. The van der Waals surface area contributed by atoms with Crippen molar-refractivity contribution >= 4 is 5.91 Å². The molecule has 0 saturated carbocycles. The number of methoxy groups -OCH3 is 1. The summed E-state index contributed by atoms with van der Waals surface area (Å²) in [5, 5.41) is 0. The molecular weight excluding hydrogens is 327 g/mol. The number of rotatable bonds is 6. The van der Waals surface area contributed by atoms with E-state index in [-0.39, 0.29) is 29.8 Å². The molecule has 25 heavy (non-hydrogen) atoms. The number of likely N-dealkylation sites (tertiary alicyclic amines) is 1. The third kappa shape index (κ3) is 4.36. The Kier molecular flexibility index (Phi) is 5.65. The first-order valence-electron chi connectivity index (χ1n) is 8.27. The highest BCUT2D eigenvalue weighted by atomic mass is 19.1. The average molecular weight is 348 g/mol. The Morgan fingerprint density at radius 3 is 3.08 bits per heavy atom. The zero-order valence-electron chi connectivity index (χ0n) is 14.1. The maximum atomic E-state index is 13.5. The summed E-state index contributed by atoms with van der Waals surface area (Å²) >= 11 is 0. The van der Waals surface area contributed by atoms with Crippen LogP contribution in [0.15, 0.2) is 34.9 Å². The number of aromatic nitrogens is 1. The van der Waals surface area contributed by atoms with E-state index in [1.807, 2.05) is 0 Å². The van der Waals surface area contributed by atoms with Gasteiger partial charge in [-0.25, -0.2) is 9.37 Å². The van der Waals surface area contributed by atoms with Crippen LogP contribution < -0.4 is 4.74 Å². The maximum Gasteiger partial charge on any atom is 0.275 e. The number of hydrogen-bond acceptors (Lipinski definition) is 5. The van der Waals surface area contributed by atoms with Crippen molar-refractivity contribution in [2.45, 2.75) is 19.4 Å². The lowest BCUT2D eigenvalue weighted by atomic mass is 9.99. The summed E-state index contributed by atoms with van der Waals surface area (Å²) in [5.74, 6) is 0.0760. The van der Waals surface area contributed by atoms with Crippen LogP contribution in [0.3, 0.4) is 0 Å². The molecule has 0 radical (unpaired) electrons. The van der Waals surface area contributed by atoms with Crippen LogP contribution in [0.2, 0.25) is 0 Å². The minimum Gasteiger partial charge on any atom is -0.481 e. The minimum absolute atomic E-state index is 0.0412. The molecule has 0 N–H and O–H groups in total. The molecular formula is C18H21FN2O4. The standard InChI is InChI=1S/C18H21FN2O4/c1-23-10-13-5-4-8-21(9-13)18(22)15-11-25-17(20-15)12-24-16-7-3-2-6-14(16)19/h2-3,6-7,11,13H,4-5,8-10,12H2,1H3/t13-/m0/s1. The first-order chi connectivity index (χ1) is 12.2. The normalized spacial score (nSPS) is 17.5. The maximum absolute atomic E-state index is 13.5. The van der Waals surface area contributed by atoms with Gasteiger partial charge >= 0.3 is 0 Å². The van der Waals surface area contributed by atoms with Gasteiger partial charge in [-0.05, 0) is 30.9 Å². The topological polar surface area (TPSA) is 64.8 Å². The van der Waals surface area contributed by atoms with Gasteiger partial charge < -0.3 is 18.8 Å². The monoisotopic (exact) mass is 348 g/mol. The SMILES string of the molecule is COC[C@H]1CCCN(C(=O)c2coc(COc3ccccc3F)n2)C1. The number of hydrogen-bond donors (Lipinski definition) is 0. The van der Waals surface area contributed by atoms with Crippen molar-refractivity contribution < 1.29 is 23.1 Å². The average Bonchev–Trinajstić information content (AvgIpc) is 3.10.